The van der Waals surface area contributed by atoms with Crippen LogP contribution < -0.4 is 0 Å². The molecule has 1 amide bonds. The van der Waals surface area contributed by atoms with E-state index in [4.69, 9.17) is 4.74 Å². The van der Waals surface area contributed by atoms with Gasteiger partial charge in [-0.2, -0.15) is 0 Å². The Morgan fingerprint density at radius 2 is 1.61 bits per heavy atom. The molecule has 0 aliphatic carbocycles. The first kappa shape index (κ1) is 20.2. The Morgan fingerprint density at radius 1 is 1.11 bits per heavy atom. The van der Waals surface area contributed by atoms with Crippen LogP contribution in [0.3, 0.4) is 0 Å². The van der Waals surface area contributed by atoms with Gasteiger partial charge in [0.05, 0.1) is 0 Å². The maximum Gasteiger partial charge on any atom is 0.331 e. The lowest BCUT2D eigenvalue weighted by atomic mass is 9.97. The third kappa shape index (κ3) is 3.29. The van der Waals surface area contributed by atoms with Gasteiger partial charge in [0.25, 0.3) is 5.91 Å². The smallest absolute Gasteiger partial charge is 0.331 e. The first-order valence-corrected chi connectivity index (χ1v) is 11.7. The number of hydrogen-bond donors (Lipinski definition) is 0. The van der Waals surface area contributed by atoms with E-state index in [9.17, 15) is 9.59 Å². The van der Waals surface area contributed by atoms with Crippen LogP contribution in [0.2, 0.25) is 0 Å². The molecule has 7 heteroatoms. The number of alkyl halides is 2. The number of esters is 1. The topological polar surface area (TPSA) is 46.6 Å². The van der Waals surface area contributed by atoms with Gasteiger partial charge in [-0.15, -0.1) is 11.8 Å². The van der Waals surface area contributed by atoms with Gasteiger partial charge in [-0.05, 0) is 25.0 Å². The average Bonchev–Trinajstić information content (AvgIpc) is 2.97. The number of fused-ring (bicyclic) bond motifs is 1. The molecule has 2 fully saturated rings. The molecule has 2 aliphatic rings. The molecule has 0 bridgehead atoms. The van der Waals surface area contributed by atoms with E-state index in [1.165, 1.54) is 0 Å². The van der Waals surface area contributed by atoms with Crippen molar-refractivity contribution in [3.05, 3.63) is 71.8 Å². The summed E-state index contributed by atoms with van der Waals surface area (Å²) in [6, 6.07) is 18.8. The molecule has 2 saturated heterocycles. The van der Waals surface area contributed by atoms with E-state index in [-0.39, 0.29) is 17.3 Å². The molecule has 28 heavy (non-hydrogen) atoms. The van der Waals surface area contributed by atoms with Gasteiger partial charge in [0.2, 0.25) is 0 Å². The zero-order valence-electron chi connectivity index (χ0n) is 15.3. The van der Waals surface area contributed by atoms with Gasteiger partial charge in [-0.1, -0.05) is 99.2 Å². The number of β-lactam (4-membered cyclic amide) rings is 1. The Morgan fingerprint density at radius 3 is 2.11 bits per heavy atom. The van der Waals surface area contributed by atoms with Gasteiger partial charge in [0.1, 0.15) is 11.4 Å². The fourth-order valence-corrected chi connectivity index (χ4v) is 6.89. The van der Waals surface area contributed by atoms with Crippen molar-refractivity contribution in [3.63, 3.8) is 0 Å². The molecule has 2 aromatic rings. The Bertz CT molecular complexity index is 867. The molecule has 0 N–H and O–H groups in total. The van der Waals surface area contributed by atoms with Gasteiger partial charge < -0.3 is 9.64 Å². The summed E-state index contributed by atoms with van der Waals surface area (Å²) in [7, 11) is 0. The maximum absolute atomic E-state index is 13.3. The number of nitrogens with zero attached hydrogens (tertiary/aromatic N) is 1. The molecule has 0 unspecified atom stereocenters. The molecular formula is C21H19BrINO3S. The van der Waals surface area contributed by atoms with Crippen LogP contribution in [0.15, 0.2) is 60.7 Å². The molecule has 2 aromatic carbocycles. The highest BCUT2D eigenvalue weighted by molar-refractivity contribution is 14.1. The van der Waals surface area contributed by atoms with Crippen molar-refractivity contribution in [2.75, 3.05) is 0 Å². The minimum absolute atomic E-state index is 0.0749. The lowest BCUT2D eigenvalue weighted by Gasteiger charge is -2.46. The standard InChI is InChI=1S/C21H19BrINO3S/c1-20(2)16(24-18(26)21(22,23)19(24)28-20)17(25)27-15(13-9-5-3-6-10-13)14-11-7-4-8-12-14/h3-12,15-16,19H,1-2H3/t16-,19+,21+/m0/s1. The molecule has 2 heterocycles. The number of carbonyl (C=O) groups is 2. The zero-order chi connectivity index (χ0) is 20.1. The summed E-state index contributed by atoms with van der Waals surface area (Å²) in [4.78, 5) is 27.6. The first-order valence-electron chi connectivity index (χ1n) is 8.92. The predicted octanol–water partition coefficient (Wildman–Crippen LogP) is 4.91. The second-order valence-corrected chi connectivity index (χ2v) is 13.6. The predicted molar refractivity (Wildman–Crippen MR) is 123 cm³/mol. The number of thioether (sulfide) groups is 1. The highest BCUT2D eigenvalue weighted by atomic mass is 127. The zero-order valence-corrected chi connectivity index (χ0v) is 19.9. The van der Waals surface area contributed by atoms with E-state index in [1.807, 2.05) is 74.5 Å². The number of ether oxygens (including phenoxy) is 1. The SMILES string of the molecule is CC1(C)S[C@H]2N(C(=O)[C@@]2(Br)I)[C@H]1C(=O)OC(c1ccccc1)c1ccccc1. The number of halogens is 2. The molecule has 146 valence electrons. The van der Waals surface area contributed by atoms with E-state index < -0.39 is 19.2 Å². The van der Waals surface area contributed by atoms with Gasteiger partial charge in [-0.3, -0.25) is 4.79 Å². The fraction of sp³-hybridized carbons (Fsp3) is 0.333. The lowest BCUT2D eigenvalue weighted by Crippen LogP contribution is -2.68. The summed E-state index contributed by atoms with van der Waals surface area (Å²) in [5.74, 6) is -0.445. The second-order valence-electron chi connectivity index (χ2n) is 7.45. The summed E-state index contributed by atoms with van der Waals surface area (Å²) in [5.41, 5.74) is 1.81. The maximum atomic E-state index is 13.3. The van der Waals surface area contributed by atoms with Crippen LogP contribution in [0.5, 0.6) is 0 Å². The lowest BCUT2D eigenvalue weighted by molar-refractivity contribution is -0.163. The van der Waals surface area contributed by atoms with E-state index >= 15 is 0 Å². The number of benzene rings is 2. The fourth-order valence-electron chi connectivity index (χ4n) is 3.73. The number of carbonyl (C=O) groups excluding carboxylic acids is 2. The Labute approximate surface area is 190 Å². The van der Waals surface area contributed by atoms with Crippen molar-refractivity contribution in [3.8, 4) is 0 Å². The van der Waals surface area contributed by atoms with Gasteiger partial charge in [0.15, 0.2) is 8.43 Å². The Hall–Kier alpha value is -1.06. The molecule has 4 rings (SSSR count). The van der Waals surface area contributed by atoms with Crippen molar-refractivity contribution < 1.29 is 14.3 Å². The van der Waals surface area contributed by atoms with E-state index in [1.54, 1.807) is 16.7 Å². The van der Waals surface area contributed by atoms with Crippen molar-refractivity contribution >= 4 is 62.2 Å². The van der Waals surface area contributed by atoms with Crippen LogP contribution in [0.1, 0.15) is 31.1 Å². The van der Waals surface area contributed by atoms with Crippen LogP contribution in [-0.2, 0) is 14.3 Å². The average molecular weight is 572 g/mol. The quantitative estimate of drug-likeness (QED) is 0.226. The molecule has 2 aliphatic heterocycles. The monoisotopic (exact) mass is 571 g/mol. The van der Waals surface area contributed by atoms with Crippen molar-refractivity contribution in [1.82, 2.24) is 4.90 Å². The van der Waals surface area contributed by atoms with E-state index in [0.717, 1.165) is 11.1 Å². The largest absolute Gasteiger partial charge is 0.451 e. The number of rotatable bonds is 4. The van der Waals surface area contributed by atoms with Gasteiger partial charge >= 0.3 is 5.97 Å². The molecule has 4 nitrogen and oxygen atoms in total. The van der Waals surface area contributed by atoms with Gasteiger partial charge in [-0.25, -0.2) is 4.79 Å². The van der Waals surface area contributed by atoms with Crippen LogP contribution in [0, 0.1) is 0 Å². The Kier molecular flexibility index (Phi) is 5.29. The van der Waals surface area contributed by atoms with Crippen LogP contribution >= 0.6 is 50.3 Å². The van der Waals surface area contributed by atoms with Crippen LogP contribution in [0.25, 0.3) is 0 Å². The molecule has 0 spiro atoms. The van der Waals surface area contributed by atoms with Gasteiger partial charge in [0, 0.05) is 4.75 Å². The first-order chi connectivity index (χ1) is 13.2. The minimum Gasteiger partial charge on any atom is -0.451 e. The van der Waals surface area contributed by atoms with Crippen molar-refractivity contribution in [2.24, 2.45) is 0 Å². The molecule has 0 radical (unpaired) electrons. The third-order valence-electron chi connectivity index (χ3n) is 5.10. The Balaban J connectivity index is 1.64. The third-order valence-corrected chi connectivity index (χ3v) is 9.28. The van der Waals surface area contributed by atoms with Crippen LogP contribution in [-0.4, -0.2) is 35.3 Å². The number of hydrogen-bond acceptors (Lipinski definition) is 4. The van der Waals surface area contributed by atoms with Crippen LogP contribution in [0.4, 0.5) is 0 Å². The number of amides is 1. The highest BCUT2D eigenvalue weighted by Crippen LogP contribution is 2.60. The molecule has 0 saturated carbocycles. The summed E-state index contributed by atoms with van der Waals surface area (Å²) < 4.78 is 4.96. The summed E-state index contributed by atoms with van der Waals surface area (Å²) in [5, 5.41) is -0.0833. The highest BCUT2D eigenvalue weighted by Gasteiger charge is 2.70. The summed E-state index contributed by atoms with van der Waals surface area (Å²) >= 11 is 7.26. The normalized spacial score (nSPS) is 28.0. The summed E-state index contributed by atoms with van der Waals surface area (Å²) in [6.07, 6.45) is -0.514. The van der Waals surface area contributed by atoms with Crippen molar-refractivity contribution in [2.45, 2.75) is 38.4 Å². The van der Waals surface area contributed by atoms with E-state index in [2.05, 4.69) is 38.5 Å². The molecular weight excluding hydrogens is 553 g/mol. The summed E-state index contributed by atoms with van der Waals surface area (Å²) in [6.45, 7) is 3.99. The minimum atomic E-state index is -0.653. The second kappa shape index (κ2) is 7.32. The van der Waals surface area contributed by atoms with Crippen molar-refractivity contribution in [1.29, 1.82) is 0 Å². The molecule has 3 atom stereocenters. The molecule has 0 aromatic heterocycles. The van der Waals surface area contributed by atoms with E-state index in [0.29, 0.717) is 0 Å².